The Kier molecular flexibility index (Phi) is 4.63. The molecular weight excluding hydrogens is 349 g/mol. The summed E-state index contributed by atoms with van der Waals surface area (Å²) in [4.78, 5) is 27.3. The van der Waals surface area contributed by atoms with Crippen LogP contribution in [0.2, 0.25) is 10.0 Å². The summed E-state index contributed by atoms with van der Waals surface area (Å²) < 4.78 is 5.24. The zero-order valence-electron chi connectivity index (χ0n) is 13.8. The SMILES string of the molecule is CCOC(=O)C1C2C(=O)N(c3cc(Cl)cc(Cl)c3)C1C(C)=CC2C. The van der Waals surface area contributed by atoms with Gasteiger partial charge in [0.15, 0.2) is 0 Å². The second-order valence-electron chi connectivity index (χ2n) is 6.35. The van der Waals surface area contributed by atoms with E-state index in [1.54, 1.807) is 30.0 Å². The van der Waals surface area contributed by atoms with Gasteiger partial charge in [-0.25, -0.2) is 0 Å². The maximum atomic E-state index is 13.1. The fraction of sp³-hybridized carbons (Fsp3) is 0.444. The van der Waals surface area contributed by atoms with Gasteiger partial charge in [-0.2, -0.15) is 0 Å². The van der Waals surface area contributed by atoms with Gasteiger partial charge in [0, 0.05) is 15.7 Å². The van der Waals surface area contributed by atoms with Crippen LogP contribution >= 0.6 is 23.2 Å². The monoisotopic (exact) mass is 367 g/mol. The summed E-state index contributed by atoms with van der Waals surface area (Å²) in [5, 5.41) is 0.906. The summed E-state index contributed by atoms with van der Waals surface area (Å²) in [5.41, 5.74) is 1.60. The highest BCUT2D eigenvalue weighted by atomic mass is 35.5. The number of carbonyl (C=O) groups excluding carboxylic acids is 2. The van der Waals surface area contributed by atoms with E-state index in [4.69, 9.17) is 27.9 Å². The summed E-state index contributed by atoms with van der Waals surface area (Å²) in [5.74, 6) is -1.36. The molecule has 1 heterocycles. The molecule has 0 N–H and O–H groups in total. The average molecular weight is 368 g/mol. The number of nitrogens with zero attached hydrogens (tertiary/aromatic N) is 1. The molecule has 2 bridgehead atoms. The Labute approximate surface area is 151 Å². The number of esters is 1. The van der Waals surface area contributed by atoms with Crippen LogP contribution < -0.4 is 4.90 Å². The van der Waals surface area contributed by atoms with Gasteiger partial charge < -0.3 is 9.64 Å². The van der Waals surface area contributed by atoms with E-state index in [-0.39, 0.29) is 23.8 Å². The van der Waals surface area contributed by atoms with E-state index in [1.165, 1.54) is 0 Å². The van der Waals surface area contributed by atoms with Gasteiger partial charge in [0.05, 0.1) is 24.5 Å². The van der Waals surface area contributed by atoms with Crippen molar-refractivity contribution in [2.75, 3.05) is 11.5 Å². The number of hydrogen-bond acceptors (Lipinski definition) is 3. The van der Waals surface area contributed by atoms with Gasteiger partial charge in [-0.3, -0.25) is 9.59 Å². The molecule has 0 aromatic heterocycles. The number of allylic oxidation sites excluding steroid dienone is 1. The number of hydrogen-bond donors (Lipinski definition) is 0. The van der Waals surface area contributed by atoms with Crippen molar-refractivity contribution in [2.24, 2.45) is 17.8 Å². The molecule has 3 rings (SSSR count). The normalized spacial score (nSPS) is 28.8. The molecule has 4 unspecified atom stereocenters. The van der Waals surface area contributed by atoms with Gasteiger partial charge in [-0.1, -0.05) is 41.8 Å². The largest absolute Gasteiger partial charge is 0.466 e. The Morgan fingerprint density at radius 2 is 1.88 bits per heavy atom. The summed E-state index contributed by atoms with van der Waals surface area (Å²) in [6.45, 7) is 5.97. The van der Waals surface area contributed by atoms with E-state index in [2.05, 4.69) is 6.08 Å². The Bertz CT molecular complexity index is 711. The maximum Gasteiger partial charge on any atom is 0.312 e. The minimum atomic E-state index is -0.504. The smallest absolute Gasteiger partial charge is 0.312 e. The van der Waals surface area contributed by atoms with E-state index in [9.17, 15) is 9.59 Å². The minimum Gasteiger partial charge on any atom is -0.466 e. The fourth-order valence-corrected chi connectivity index (χ4v) is 4.46. The third kappa shape index (κ3) is 2.72. The van der Waals surface area contributed by atoms with E-state index in [0.29, 0.717) is 22.3 Å². The predicted molar refractivity (Wildman–Crippen MR) is 94.3 cm³/mol. The van der Waals surface area contributed by atoms with Crippen molar-refractivity contribution >= 4 is 40.8 Å². The molecule has 1 aromatic rings. The maximum absolute atomic E-state index is 13.1. The number of halogens is 2. The minimum absolute atomic E-state index is 0.0252. The van der Waals surface area contributed by atoms with Crippen molar-refractivity contribution in [1.29, 1.82) is 0 Å². The van der Waals surface area contributed by atoms with Gasteiger partial charge in [0.2, 0.25) is 5.91 Å². The molecule has 1 fully saturated rings. The summed E-state index contributed by atoms with van der Waals surface area (Å²) in [7, 11) is 0. The van der Waals surface area contributed by atoms with Crippen molar-refractivity contribution in [2.45, 2.75) is 26.8 Å². The quantitative estimate of drug-likeness (QED) is 0.596. The van der Waals surface area contributed by atoms with E-state index in [0.717, 1.165) is 5.57 Å². The molecule has 0 spiro atoms. The molecule has 1 aliphatic carbocycles. The molecule has 128 valence electrons. The third-order valence-electron chi connectivity index (χ3n) is 4.77. The first-order valence-electron chi connectivity index (χ1n) is 7.99. The Morgan fingerprint density at radius 3 is 2.46 bits per heavy atom. The number of anilines is 1. The van der Waals surface area contributed by atoms with Crippen LogP contribution in [0, 0.1) is 17.8 Å². The highest BCUT2D eigenvalue weighted by Crippen LogP contribution is 2.47. The second kappa shape index (κ2) is 6.41. The topological polar surface area (TPSA) is 46.6 Å². The van der Waals surface area contributed by atoms with Crippen LogP contribution in [-0.4, -0.2) is 24.5 Å². The lowest BCUT2D eigenvalue weighted by molar-refractivity contribution is -0.151. The molecule has 1 aromatic carbocycles. The zero-order valence-corrected chi connectivity index (χ0v) is 15.3. The Morgan fingerprint density at radius 1 is 1.25 bits per heavy atom. The summed E-state index contributed by atoms with van der Waals surface area (Å²) in [6.07, 6.45) is 2.06. The lowest BCUT2D eigenvalue weighted by Crippen LogP contribution is -2.40. The number of amides is 1. The molecule has 0 radical (unpaired) electrons. The molecule has 4 atom stereocenters. The first kappa shape index (κ1) is 17.3. The second-order valence-corrected chi connectivity index (χ2v) is 7.23. The van der Waals surface area contributed by atoms with Gasteiger partial charge in [0.25, 0.3) is 0 Å². The van der Waals surface area contributed by atoms with Crippen LogP contribution in [0.5, 0.6) is 0 Å². The molecule has 1 amide bonds. The van der Waals surface area contributed by atoms with Gasteiger partial charge in [-0.05, 0) is 38.0 Å². The van der Waals surface area contributed by atoms with Crippen molar-refractivity contribution in [3.05, 3.63) is 39.9 Å². The Balaban J connectivity index is 2.10. The Hall–Kier alpha value is -1.52. The highest BCUT2D eigenvalue weighted by molar-refractivity contribution is 6.35. The van der Waals surface area contributed by atoms with Crippen molar-refractivity contribution in [3.63, 3.8) is 0 Å². The molecule has 1 saturated heterocycles. The first-order valence-corrected chi connectivity index (χ1v) is 8.74. The number of ether oxygens (including phenoxy) is 1. The average Bonchev–Trinajstić information content (AvgIpc) is 2.74. The summed E-state index contributed by atoms with van der Waals surface area (Å²) >= 11 is 12.2. The molecular formula is C18H19Cl2NO3. The molecule has 4 nitrogen and oxygen atoms in total. The zero-order chi connectivity index (χ0) is 17.6. The molecule has 1 aliphatic heterocycles. The van der Waals surface area contributed by atoms with E-state index in [1.807, 2.05) is 13.8 Å². The summed E-state index contributed by atoms with van der Waals surface area (Å²) in [6, 6.07) is 4.67. The van der Waals surface area contributed by atoms with Crippen LogP contribution in [0.15, 0.2) is 29.8 Å². The van der Waals surface area contributed by atoms with Crippen LogP contribution in [0.1, 0.15) is 20.8 Å². The molecule has 2 aliphatic rings. The molecule has 6 heteroatoms. The third-order valence-corrected chi connectivity index (χ3v) is 5.21. The van der Waals surface area contributed by atoms with Gasteiger partial charge in [-0.15, -0.1) is 0 Å². The standard InChI is InChI=1S/C18H19Cl2NO3/c1-4-24-18(23)15-14-9(2)5-10(3)16(15)21(17(14)22)13-7-11(19)6-12(20)8-13/h5-9,14-16H,4H2,1-3H3. The van der Waals surface area contributed by atoms with Crippen LogP contribution in [0.3, 0.4) is 0 Å². The lowest BCUT2D eigenvalue weighted by atomic mass is 9.74. The van der Waals surface area contributed by atoms with Gasteiger partial charge >= 0.3 is 5.97 Å². The van der Waals surface area contributed by atoms with Crippen LogP contribution in [-0.2, 0) is 14.3 Å². The number of benzene rings is 1. The fourth-order valence-electron chi connectivity index (χ4n) is 3.94. The first-order chi connectivity index (χ1) is 11.3. The van der Waals surface area contributed by atoms with Crippen LogP contribution in [0.4, 0.5) is 5.69 Å². The highest BCUT2D eigenvalue weighted by Gasteiger charge is 2.57. The van der Waals surface area contributed by atoms with E-state index < -0.39 is 11.8 Å². The van der Waals surface area contributed by atoms with E-state index >= 15 is 0 Å². The lowest BCUT2D eigenvalue weighted by Gasteiger charge is -2.32. The predicted octanol–water partition coefficient (Wildman–Crippen LogP) is 4.10. The molecule has 24 heavy (non-hydrogen) atoms. The number of rotatable bonds is 3. The van der Waals surface area contributed by atoms with Crippen LogP contribution in [0.25, 0.3) is 0 Å². The number of fused-ring (bicyclic) bond motifs is 2. The number of carbonyl (C=O) groups is 2. The van der Waals surface area contributed by atoms with Crippen molar-refractivity contribution < 1.29 is 14.3 Å². The van der Waals surface area contributed by atoms with Gasteiger partial charge in [0.1, 0.15) is 0 Å². The van der Waals surface area contributed by atoms with Crippen molar-refractivity contribution in [1.82, 2.24) is 0 Å². The molecule has 0 saturated carbocycles. The van der Waals surface area contributed by atoms with Crippen molar-refractivity contribution in [3.8, 4) is 0 Å².